The molecule has 1 aromatic heterocycles. The van der Waals surface area contributed by atoms with Gasteiger partial charge in [0.1, 0.15) is 17.4 Å². The number of hydrogen-bond donors (Lipinski definition) is 2. The van der Waals surface area contributed by atoms with E-state index in [4.69, 9.17) is 20.2 Å². The number of carbonyl (C=O) groups is 1. The normalized spacial score (nSPS) is 20.1. The lowest BCUT2D eigenvalue weighted by Gasteiger charge is -2.32. The number of rotatable bonds is 3. The maximum atomic E-state index is 15.6. The van der Waals surface area contributed by atoms with Crippen LogP contribution in [0.4, 0.5) is 8.78 Å². The van der Waals surface area contributed by atoms with Crippen LogP contribution in [0.25, 0.3) is 10.9 Å². The molecule has 0 amide bonds. The second kappa shape index (κ2) is 14.3. The van der Waals surface area contributed by atoms with Crippen LogP contribution < -0.4 is 10.5 Å². The summed E-state index contributed by atoms with van der Waals surface area (Å²) in [5.41, 5.74) is 9.33. The number of aromatic nitrogens is 1. The van der Waals surface area contributed by atoms with Crippen molar-refractivity contribution in [1.29, 1.82) is 0 Å². The number of nitrogens with one attached hydrogen (secondary N) is 1. The number of hydrogen-bond acceptors (Lipinski definition) is 6. The first-order valence-corrected chi connectivity index (χ1v) is 16.9. The van der Waals surface area contributed by atoms with Crippen molar-refractivity contribution in [2.75, 3.05) is 25.7 Å². The summed E-state index contributed by atoms with van der Waals surface area (Å²) in [5, 5.41) is 0.890. The molecule has 4 aromatic rings. The van der Waals surface area contributed by atoms with Crippen molar-refractivity contribution in [3.05, 3.63) is 94.7 Å². The zero-order valence-electron chi connectivity index (χ0n) is 27.6. The lowest BCUT2D eigenvalue weighted by atomic mass is 9.75. The van der Waals surface area contributed by atoms with Gasteiger partial charge >= 0.3 is 5.97 Å². The van der Waals surface area contributed by atoms with E-state index in [0.717, 1.165) is 46.4 Å². The molecule has 1 aliphatic rings. The number of aryl methyl sites for hydroxylation is 1. The van der Waals surface area contributed by atoms with Crippen molar-refractivity contribution in [3.8, 4) is 11.5 Å². The van der Waals surface area contributed by atoms with E-state index < -0.39 is 17.0 Å². The van der Waals surface area contributed by atoms with Crippen LogP contribution in [-0.2, 0) is 27.8 Å². The van der Waals surface area contributed by atoms with Gasteiger partial charge in [0, 0.05) is 41.2 Å². The molecule has 1 atom stereocenters. The molecule has 3 aromatic carbocycles. The number of carbonyl (C=O) groups excluding carboxylic acids is 1. The van der Waals surface area contributed by atoms with Crippen LogP contribution in [0.3, 0.4) is 0 Å². The van der Waals surface area contributed by atoms with Crippen molar-refractivity contribution in [3.63, 3.8) is 0 Å². The quantitative estimate of drug-likeness (QED) is 0.216. The summed E-state index contributed by atoms with van der Waals surface area (Å²) in [4.78, 5) is 24.2. The van der Waals surface area contributed by atoms with Crippen LogP contribution in [0.15, 0.2) is 70.8 Å². The number of thioether (sulfide) groups is 1. The lowest BCUT2D eigenvalue weighted by Crippen LogP contribution is -2.40. The van der Waals surface area contributed by atoms with E-state index in [0.29, 0.717) is 18.4 Å². The number of benzene rings is 3. The summed E-state index contributed by atoms with van der Waals surface area (Å²) in [6, 6.07) is 15.3. The topological polar surface area (TPSA) is 102 Å². The number of methoxy groups -OCH3 is 1. The number of aromatic amines is 1. The van der Waals surface area contributed by atoms with Crippen molar-refractivity contribution in [2.24, 2.45) is 21.1 Å². The Balaban J connectivity index is 1.61. The fourth-order valence-electron chi connectivity index (χ4n) is 6.11. The number of H-pyrrole nitrogens is 1. The number of nitrogens with two attached hydrogens (primary N) is 1. The Morgan fingerprint density at radius 2 is 1.91 bits per heavy atom. The predicted octanol–water partition coefficient (Wildman–Crippen LogP) is 8.13. The summed E-state index contributed by atoms with van der Waals surface area (Å²) in [6.45, 7) is 6.53. The number of aliphatic imine (C=N–C) groups is 2. The molecule has 0 spiro atoms. The second-order valence-corrected chi connectivity index (χ2v) is 14.1. The van der Waals surface area contributed by atoms with E-state index in [-0.39, 0.29) is 46.5 Å². The average molecular weight is 661 g/mol. The number of ether oxygens (including phenoxy) is 2. The van der Waals surface area contributed by atoms with Crippen LogP contribution in [0, 0.1) is 17.0 Å². The Morgan fingerprint density at radius 1 is 1.11 bits per heavy atom. The lowest BCUT2D eigenvalue weighted by molar-refractivity contribution is -0.139. The highest BCUT2D eigenvalue weighted by atomic mass is 32.2. The van der Waals surface area contributed by atoms with Crippen molar-refractivity contribution >= 4 is 40.3 Å². The molecule has 7 nitrogen and oxygen atoms in total. The number of esters is 1. The first-order valence-electron chi connectivity index (χ1n) is 15.8. The van der Waals surface area contributed by atoms with Gasteiger partial charge in [-0.1, -0.05) is 44.5 Å². The van der Waals surface area contributed by atoms with Gasteiger partial charge in [-0.25, -0.2) is 13.8 Å². The Hall–Kier alpha value is -4.18. The van der Waals surface area contributed by atoms with E-state index in [9.17, 15) is 4.79 Å². The number of halogens is 2. The zero-order valence-corrected chi connectivity index (χ0v) is 28.4. The van der Waals surface area contributed by atoms with Gasteiger partial charge in [0.05, 0.1) is 19.1 Å². The van der Waals surface area contributed by atoms with Gasteiger partial charge in [0.15, 0.2) is 17.4 Å². The second-order valence-electron chi connectivity index (χ2n) is 13.0. The molecule has 10 heteroatoms. The third-order valence-corrected chi connectivity index (χ3v) is 10.4. The molecule has 0 radical (unpaired) electrons. The monoisotopic (exact) mass is 660 g/mol. The number of fused-ring (bicyclic) bond motifs is 5. The molecule has 3 N–H and O–H groups in total. The molecule has 0 aliphatic carbocycles. The minimum atomic E-state index is -0.759. The number of amidine groups is 2. The largest absolute Gasteiger partial charge is 0.469 e. The van der Waals surface area contributed by atoms with Crippen LogP contribution in [0.2, 0.25) is 0 Å². The fourth-order valence-corrected chi connectivity index (χ4v) is 7.30. The van der Waals surface area contributed by atoms with E-state index in [1.165, 1.54) is 38.4 Å². The molecular formula is C37H42F2N4O3S. The molecule has 2 bridgehead atoms. The van der Waals surface area contributed by atoms with Crippen LogP contribution in [-0.4, -0.2) is 48.3 Å². The van der Waals surface area contributed by atoms with E-state index in [1.54, 1.807) is 6.20 Å². The molecule has 5 rings (SSSR count). The molecule has 248 valence electrons. The minimum Gasteiger partial charge on any atom is -0.469 e. The molecule has 1 unspecified atom stereocenters. The summed E-state index contributed by atoms with van der Waals surface area (Å²) >= 11 is 1.83. The molecule has 47 heavy (non-hydrogen) atoms. The molecule has 0 fully saturated rings. The Kier molecular flexibility index (Phi) is 10.4. The van der Waals surface area contributed by atoms with Gasteiger partial charge in [0.25, 0.3) is 0 Å². The van der Waals surface area contributed by atoms with Crippen molar-refractivity contribution in [1.82, 2.24) is 4.98 Å². The highest BCUT2D eigenvalue weighted by Gasteiger charge is 2.33. The van der Waals surface area contributed by atoms with Crippen molar-refractivity contribution < 1.29 is 23.0 Å². The van der Waals surface area contributed by atoms with Crippen LogP contribution >= 0.6 is 11.8 Å². The predicted molar refractivity (Wildman–Crippen MR) is 187 cm³/mol. The molecule has 1 aliphatic heterocycles. The SMILES string of the molecule is CN=C1N=C(N)C(C)(c2cccc(CC(=O)OC)c2)CCCC(C)(C)CSCCc2c(c(F)cc3[nH]ccc23)Oc2ccc(F)c1c2. The highest BCUT2D eigenvalue weighted by Crippen LogP contribution is 2.38. The van der Waals surface area contributed by atoms with Gasteiger partial charge in [-0.2, -0.15) is 11.8 Å². The summed E-state index contributed by atoms with van der Waals surface area (Å²) < 4.78 is 42.1. The minimum absolute atomic E-state index is 0.0108. The Labute approximate surface area is 279 Å². The first-order chi connectivity index (χ1) is 22.4. The Bertz CT molecular complexity index is 1830. The summed E-state index contributed by atoms with van der Waals surface area (Å²) in [6.07, 6.45) is 4.94. The molecular weight excluding hydrogens is 618 g/mol. The maximum Gasteiger partial charge on any atom is 0.309 e. The van der Waals surface area contributed by atoms with Crippen LogP contribution in [0.1, 0.15) is 62.3 Å². The van der Waals surface area contributed by atoms with Gasteiger partial charge in [0.2, 0.25) is 0 Å². The zero-order chi connectivity index (χ0) is 33.8. The average Bonchev–Trinajstić information content (AvgIpc) is 3.51. The van der Waals surface area contributed by atoms with Gasteiger partial charge < -0.3 is 20.2 Å². The molecule has 0 saturated heterocycles. The summed E-state index contributed by atoms with van der Waals surface area (Å²) in [5.74, 6) is 0.999. The van der Waals surface area contributed by atoms with Gasteiger partial charge in [-0.15, -0.1) is 0 Å². The van der Waals surface area contributed by atoms with E-state index in [2.05, 4.69) is 23.8 Å². The third kappa shape index (κ3) is 7.70. The molecule has 0 saturated carbocycles. The van der Waals surface area contributed by atoms with Crippen molar-refractivity contribution in [2.45, 2.75) is 58.3 Å². The third-order valence-electron chi connectivity index (χ3n) is 8.93. The summed E-state index contributed by atoms with van der Waals surface area (Å²) in [7, 11) is 2.89. The Morgan fingerprint density at radius 3 is 2.68 bits per heavy atom. The fraction of sp³-hybridized carbons (Fsp3) is 0.378. The van der Waals surface area contributed by atoms with Gasteiger partial charge in [-0.05, 0) is 78.5 Å². The smallest absolute Gasteiger partial charge is 0.309 e. The first kappa shape index (κ1) is 34.2. The number of nitrogens with zero attached hydrogens (tertiary/aromatic N) is 2. The highest BCUT2D eigenvalue weighted by molar-refractivity contribution is 7.99. The van der Waals surface area contributed by atoms with Crippen LogP contribution in [0.5, 0.6) is 11.5 Å². The van der Waals surface area contributed by atoms with E-state index >= 15 is 8.78 Å². The van der Waals surface area contributed by atoms with E-state index in [1.807, 2.05) is 49.0 Å². The standard InChI is InChI=1S/C37H42F2N4O3S/c1-36(2)14-7-15-37(3,24-9-6-8-23(18-24)19-32(44)45-5)35(40)43-34(41-4)28-20-25(10-11-29(28)38)46-33-27(13-17-47-22-36)26-12-16-42-31(26)21-30(33)39/h6,8-12,16,18,20-21,42H,7,13-15,17,19,22H2,1-5H3,(H2,40,41,43). The van der Waals surface area contributed by atoms with Gasteiger partial charge in [-0.3, -0.25) is 9.79 Å². The molecule has 2 heterocycles. The maximum absolute atomic E-state index is 15.6.